The quantitative estimate of drug-likeness (QED) is 0.803. The molecule has 1 aromatic heterocycles. The fraction of sp³-hybridized carbons (Fsp3) is 0.0588. The van der Waals surface area contributed by atoms with Gasteiger partial charge < -0.3 is 9.72 Å². The van der Waals surface area contributed by atoms with E-state index in [2.05, 4.69) is 9.97 Å². The summed E-state index contributed by atoms with van der Waals surface area (Å²) < 4.78 is 5.11. The van der Waals surface area contributed by atoms with E-state index >= 15 is 0 Å². The second kappa shape index (κ2) is 6.03. The van der Waals surface area contributed by atoms with E-state index in [1.807, 2.05) is 42.5 Å². The Kier molecular flexibility index (Phi) is 3.94. The van der Waals surface area contributed by atoms with Crippen LogP contribution in [0.15, 0.2) is 53.3 Å². The summed E-state index contributed by atoms with van der Waals surface area (Å²) in [6, 6.07) is 14.7. The minimum absolute atomic E-state index is 0.205. The van der Waals surface area contributed by atoms with E-state index in [1.165, 1.54) is 0 Å². The van der Waals surface area contributed by atoms with Crippen LogP contribution >= 0.6 is 11.6 Å². The number of para-hydroxylation sites is 2. The van der Waals surface area contributed by atoms with E-state index in [9.17, 15) is 4.79 Å². The zero-order valence-corrected chi connectivity index (χ0v) is 12.6. The smallest absolute Gasteiger partial charge is 0.275 e. The molecule has 3 aromatic rings. The number of halogens is 1. The molecule has 0 unspecified atom stereocenters. The number of aromatic nitrogens is 2. The van der Waals surface area contributed by atoms with E-state index in [-0.39, 0.29) is 16.3 Å². The number of nitrogens with zero attached hydrogens (tertiary/aromatic N) is 1. The summed E-state index contributed by atoms with van der Waals surface area (Å²) in [5.74, 6) is 0.759. The van der Waals surface area contributed by atoms with Crippen molar-refractivity contribution in [3.05, 3.63) is 70.1 Å². The van der Waals surface area contributed by atoms with Gasteiger partial charge in [-0.25, -0.2) is 4.98 Å². The molecule has 110 valence electrons. The number of rotatable bonds is 3. The van der Waals surface area contributed by atoms with Crippen LogP contribution in [0.25, 0.3) is 22.1 Å². The number of nitrogens with one attached hydrogen (secondary N) is 1. The molecule has 3 rings (SSSR count). The number of hydrogen-bond acceptors (Lipinski definition) is 3. The third-order valence-electron chi connectivity index (χ3n) is 3.23. The minimum atomic E-state index is -0.312. The Morgan fingerprint density at radius 3 is 2.64 bits per heavy atom. The van der Waals surface area contributed by atoms with Crippen LogP contribution in [0, 0.1) is 0 Å². The van der Waals surface area contributed by atoms with Gasteiger partial charge in [-0.1, -0.05) is 35.9 Å². The van der Waals surface area contributed by atoms with Crippen LogP contribution in [0.1, 0.15) is 11.3 Å². The van der Waals surface area contributed by atoms with Gasteiger partial charge in [-0.3, -0.25) is 4.79 Å². The van der Waals surface area contributed by atoms with E-state index < -0.39 is 0 Å². The lowest BCUT2D eigenvalue weighted by atomic mass is 10.2. The molecular formula is C17H13ClN2O2. The Balaban J connectivity index is 2.03. The van der Waals surface area contributed by atoms with Gasteiger partial charge in [0.2, 0.25) is 0 Å². The van der Waals surface area contributed by atoms with Crippen molar-refractivity contribution in [3.63, 3.8) is 0 Å². The highest BCUT2D eigenvalue weighted by molar-refractivity contribution is 6.51. The molecule has 0 atom stereocenters. The number of H-pyrrole nitrogens is 1. The van der Waals surface area contributed by atoms with E-state index in [0.29, 0.717) is 11.0 Å². The van der Waals surface area contributed by atoms with Crippen LogP contribution < -0.4 is 10.3 Å². The lowest BCUT2D eigenvalue weighted by Crippen LogP contribution is -2.13. The number of benzene rings is 2. The Morgan fingerprint density at radius 1 is 1.18 bits per heavy atom. The SMILES string of the molecule is COc1ccc(/C=C(\Cl)c2nc3ccccc3[nH]c2=O)cc1. The van der Waals surface area contributed by atoms with Crippen LogP contribution in [0.4, 0.5) is 0 Å². The Morgan fingerprint density at radius 2 is 1.91 bits per heavy atom. The molecule has 0 fully saturated rings. The number of aromatic amines is 1. The Labute approximate surface area is 132 Å². The van der Waals surface area contributed by atoms with Crippen molar-refractivity contribution in [1.29, 1.82) is 0 Å². The summed E-state index contributed by atoms with van der Waals surface area (Å²) in [5, 5.41) is 0.289. The standard InChI is InChI=1S/C17H13ClN2O2/c1-22-12-8-6-11(7-9-12)10-13(18)16-17(21)20-15-5-3-2-4-14(15)19-16/h2-10H,1H3,(H,20,21)/b13-10-. The monoisotopic (exact) mass is 312 g/mol. The first kappa shape index (κ1) is 14.4. The summed E-state index contributed by atoms with van der Waals surface area (Å²) >= 11 is 6.27. The van der Waals surface area contributed by atoms with Gasteiger partial charge in [-0.05, 0) is 35.9 Å². The Bertz CT molecular complexity index is 898. The summed E-state index contributed by atoms with van der Waals surface area (Å²) in [7, 11) is 1.61. The first-order valence-electron chi connectivity index (χ1n) is 6.68. The van der Waals surface area contributed by atoms with Crippen LogP contribution in [0.2, 0.25) is 0 Å². The normalized spacial score (nSPS) is 11.6. The van der Waals surface area contributed by atoms with Crippen LogP contribution in [-0.4, -0.2) is 17.1 Å². The first-order chi connectivity index (χ1) is 10.7. The van der Waals surface area contributed by atoms with Crippen molar-refractivity contribution in [2.75, 3.05) is 7.11 Å². The van der Waals surface area contributed by atoms with Crippen molar-refractivity contribution < 1.29 is 4.74 Å². The zero-order chi connectivity index (χ0) is 15.5. The second-order valence-corrected chi connectivity index (χ2v) is 5.10. The highest BCUT2D eigenvalue weighted by Gasteiger charge is 2.08. The van der Waals surface area contributed by atoms with Gasteiger partial charge in [-0.2, -0.15) is 0 Å². The summed E-state index contributed by atoms with van der Waals surface area (Å²) in [6.45, 7) is 0. The van der Waals surface area contributed by atoms with Crippen LogP contribution in [-0.2, 0) is 0 Å². The highest BCUT2D eigenvalue weighted by Crippen LogP contribution is 2.21. The topological polar surface area (TPSA) is 55.0 Å². The van der Waals surface area contributed by atoms with Gasteiger partial charge >= 0.3 is 0 Å². The van der Waals surface area contributed by atoms with Gasteiger partial charge in [0.15, 0.2) is 0 Å². The third-order valence-corrected chi connectivity index (χ3v) is 3.52. The highest BCUT2D eigenvalue weighted by atomic mass is 35.5. The molecule has 0 amide bonds. The molecule has 0 aliphatic carbocycles. The largest absolute Gasteiger partial charge is 0.497 e. The molecule has 0 aliphatic heterocycles. The van der Waals surface area contributed by atoms with Gasteiger partial charge in [0.25, 0.3) is 5.56 Å². The van der Waals surface area contributed by atoms with Gasteiger partial charge in [0, 0.05) is 0 Å². The van der Waals surface area contributed by atoms with Crippen molar-refractivity contribution in [3.8, 4) is 5.75 Å². The van der Waals surface area contributed by atoms with Crippen LogP contribution in [0.5, 0.6) is 5.75 Å². The van der Waals surface area contributed by atoms with Crippen molar-refractivity contribution in [1.82, 2.24) is 9.97 Å². The number of ether oxygens (including phenoxy) is 1. The maximum Gasteiger partial charge on any atom is 0.275 e. The molecule has 0 bridgehead atoms. The van der Waals surface area contributed by atoms with Gasteiger partial charge in [0.05, 0.1) is 23.2 Å². The maximum atomic E-state index is 12.1. The molecule has 0 saturated heterocycles. The van der Waals surface area contributed by atoms with Crippen molar-refractivity contribution in [2.24, 2.45) is 0 Å². The van der Waals surface area contributed by atoms with Crippen LogP contribution in [0.3, 0.4) is 0 Å². The number of fused-ring (bicyclic) bond motifs is 1. The van der Waals surface area contributed by atoms with E-state index in [0.717, 1.165) is 11.3 Å². The lowest BCUT2D eigenvalue weighted by molar-refractivity contribution is 0.415. The fourth-order valence-corrected chi connectivity index (χ4v) is 2.36. The third kappa shape index (κ3) is 2.87. The molecule has 5 heteroatoms. The molecule has 0 spiro atoms. The van der Waals surface area contributed by atoms with Gasteiger partial charge in [-0.15, -0.1) is 0 Å². The second-order valence-electron chi connectivity index (χ2n) is 4.70. The van der Waals surface area contributed by atoms with Gasteiger partial charge in [0.1, 0.15) is 11.4 Å². The summed E-state index contributed by atoms with van der Waals surface area (Å²) in [5.41, 5.74) is 2.13. The van der Waals surface area contributed by atoms with E-state index in [1.54, 1.807) is 19.3 Å². The average Bonchev–Trinajstić information content (AvgIpc) is 2.54. The predicted octanol–water partition coefficient (Wildman–Crippen LogP) is 3.67. The molecule has 0 radical (unpaired) electrons. The predicted molar refractivity (Wildman–Crippen MR) is 89.1 cm³/mol. The fourth-order valence-electron chi connectivity index (χ4n) is 2.11. The average molecular weight is 313 g/mol. The maximum absolute atomic E-state index is 12.1. The minimum Gasteiger partial charge on any atom is -0.497 e. The molecule has 0 aliphatic rings. The summed E-state index contributed by atoms with van der Waals surface area (Å²) in [4.78, 5) is 19.2. The number of methoxy groups -OCH3 is 1. The van der Waals surface area contributed by atoms with Crippen molar-refractivity contribution in [2.45, 2.75) is 0 Å². The molecule has 1 N–H and O–H groups in total. The lowest BCUT2D eigenvalue weighted by Gasteiger charge is -2.03. The summed E-state index contributed by atoms with van der Waals surface area (Å²) in [6.07, 6.45) is 1.70. The number of hydrogen-bond donors (Lipinski definition) is 1. The Hall–Kier alpha value is -2.59. The van der Waals surface area contributed by atoms with E-state index in [4.69, 9.17) is 16.3 Å². The molecule has 0 saturated carbocycles. The zero-order valence-electron chi connectivity index (χ0n) is 11.8. The molecule has 4 nitrogen and oxygen atoms in total. The first-order valence-corrected chi connectivity index (χ1v) is 7.06. The van der Waals surface area contributed by atoms with Crippen molar-refractivity contribution >= 4 is 33.7 Å². The molecule has 1 heterocycles. The molecule has 22 heavy (non-hydrogen) atoms. The molecular weight excluding hydrogens is 300 g/mol. The molecule has 2 aromatic carbocycles.